The summed E-state index contributed by atoms with van der Waals surface area (Å²) >= 11 is 0. The van der Waals surface area contributed by atoms with Crippen molar-refractivity contribution in [2.45, 2.75) is 9.79 Å². The van der Waals surface area contributed by atoms with Crippen molar-refractivity contribution in [1.82, 2.24) is 4.13 Å². The van der Waals surface area contributed by atoms with E-state index in [1.54, 1.807) is 34.5 Å². The third kappa shape index (κ3) is 10.8. The second kappa shape index (κ2) is 13.7. The van der Waals surface area contributed by atoms with Gasteiger partial charge in [-0.15, -0.1) is 4.13 Å². The van der Waals surface area contributed by atoms with Gasteiger partial charge in [-0.05, 0) is 36.4 Å². The van der Waals surface area contributed by atoms with Crippen molar-refractivity contribution in [3.8, 4) is 5.75 Å². The van der Waals surface area contributed by atoms with Crippen LogP contribution in [-0.2, 0) is 24.6 Å². The van der Waals surface area contributed by atoms with E-state index in [4.69, 9.17) is 0 Å². The number of benzene rings is 3. The predicted molar refractivity (Wildman–Crippen MR) is 105 cm³/mol. The van der Waals surface area contributed by atoms with E-state index < -0.39 is 27.9 Å². The predicted octanol–water partition coefficient (Wildman–Crippen LogP) is -4.74. The van der Waals surface area contributed by atoms with Crippen molar-refractivity contribution in [3.05, 3.63) is 91.0 Å². The molecule has 14 heteroatoms. The molecule has 9 nitrogen and oxygen atoms in total. The van der Waals surface area contributed by atoms with E-state index in [0.29, 0.717) is 0 Å². The maximum Gasteiger partial charge on any atom is 1.00 e. The molecule has 0 aliphatic carbocycles. The Kier molecular flexibility index (Phi) is 13.3. The summed E-state index contributed by atoms with van der Waals surface area (Å²) in [7, 11) is -13.1. The first-order chi connectivity index (χ1) is 14.0. The molecule has 32 heavy (non-hydrogen) atoms. The summed E-state index contributed by atoms with van der Waals surface area (Å²) in [5.41, 5.74) is 0. The molecule has 0 aromatic heterocycles. The van der Waals surface area contributed by atoms with Crippen LogP contribution < -0.4 is 66.9 Å². The van der Waals surface area contributed by atoms with Crippen LogP contribution >= 0.6 is 7.82 Å². The molecule has 0 bridgehead atoms. The van der Waals surface area contributed by atoms with Crippen LogP contribution in [0.4, 0.5) is 0 Å². The van der Waals surface area contributed by atoms with E-state index in [0.717, 1.165) is 0 Å². The molecular formula is C18H16LiNNaO8PS2. The van der Waals surface area contributed by atoms with Crippen LogP contribution in [0.1, 0.15) is 0 Å². The Morgan fingerprint density at radius 2 is 0.969 bits per heavy atom. The average molecular weight is 499 g/mol. The van der Waals surface area contributed by atoms with Gasteiger partial charge in [-0.25, -0.2) is 16.8 Å². The van der Waals surface area contributed by atoms with Crippen molar-refractivity contribution in [2.24, 2.45) is 0 Å². The second-order valence-electron chi connectivity index (χ2n) is 5.57. The first-order valence-corrected chi connectivity index (χ1v) is 12.6. The molecule has 0 spiro atoms. The van der Waals surface area contributed by atoms with Crippen LogP contribution in [-0.4, -0.2) is 16.8 Å². The van der Waals surface area contributed by atoms with E-state index in [2.05, 4.69) is 4.52 Å². The maximum atomic E-state index is 11.9. The number of nitrogens with one attached hydrogen (secondary N) is 1. The van der Waals surface area contributed by atoms with Crippen molar-refractivity contribution in [3.63, 3.8) is 0 Å². The van der Waals surface area contributed by atoms with Gasteiger partial charge < -0.3 is 18.9 Å². The smallest absolute Gasteiger partial charge is 0.780 e. The number of hydrogen-bond donors (Lipinski definition) is 1. The second-order valence-corrected chi connectivity index (χ2v) is 10.3. The molecular weight excluding hydrogens is 483 g/mol. The molecule has 0 saturated carbocycles. The molecule has 0 unspecified atom stereocenters. The minimum absolute atomic E-state index is 0. The summed E-state index contributed by atoms with van der Waals surface area (Å²) in [4.78, 5) is 19.9. The van der Waals surface area contributed by atoms with Gasteiger partial charge in [0.2, 0.25) is 0 Å². The molecule has 3 aromatic rings. The Labute approximate surface area is 221 Å². The van der Waals surface area contributed by atoms with Crippen LogP contribution in [0.2, 0.25) is 0 Å². The number of phosphoric acid groups is 1. The van der Waals surface area contributed by atoms with Crippen molar-refractivity contribution >= 4 is 27.9 Å². The van der Waals surface area contributed by atoms with E-state index >= 15 is 0 Å². The summed E-state index contributed by atoms with van der Waals surface area (Å²) in [5, 5.41) is 0. The molecule has 0 amide bonds. The van der Waals surface area contributed by atoms with Crippen LogP contribution in [0.25, 0.3) is 0 Å². The Hall–Kier alpha value is -0.933. The Balaban J connectivity index is 0.000000639. The average Bonchev–Trinajstić information content (AvgIpc) is 2.69. The van der Waals surface area contributed by atoms with E-state index in [-0.39, 0.29) is 64.0 Å². The van der Waals surface area contributed by atoms with Gasteiger partial charge in [-0.3, -0.25) is 0 Å². The summed E-state index contributed by atoms with van der Waals surface area (Å²) in [6.07, 6.45) is 0. The zero-order valence-corrected chi connectivity index (χ0v) is 21.7. The van der Waals surface area contributed by atoms with Gasteiger partial charge >= 0.3 is 48.4 Å². The van der Waals surface area contributed by atoms with Crippen LogP contribution in [0.15, 0.2) is 101 Å². The maximum absolute atomic E-state index is 11.9. The number of para-hydroxylation sites is 1. The van der Waals surface area contributed by atoms with Gasteiger partial charge in [0.15, 0.2) is 0 Å². The van der Waals surface area contributed by atoms with Crippen molar-refractivity contribution in [2.75, 3.05) is 0 Å². The molecule has 0 aliphatic rings. The number of rotatable bonds is 6. The molecule has 3 rings (SSSR count). The first-order valence-electron chi connectivity index (χ1n) is 8.15. The van der Waals surface area contributed by atoms with Crippen LogP contribution in [0.3, 0.4) is 0 Å². The Bertz CT molecular complexity index is 1140. The first kappa shape index (κ1) is 31.1. The minimum Gasteiger partial charge on any atom is -0.780 e. The normalized spacial score (nSPS) is 11.1. The largest absolute Gasteiger partial charge is 1.00 e. The molecule has 160 valence electrons. The third-order valence-corrected chi connectivity index (χ3v) is 7.26. The van der Waals surface area contributed by atoms with Gasteiger partial charge in [-0.2, -0.15) is 0 Å². The van der Waals surface area contributed by atoms with Gasteiger partial charge in [0, 0.05) is 0 Å². The SMILES string of the molecule is O=P([O-])([O-])Oc1ccccc1.O=S(=O)(NS(=O)(=O)c1ccccc1)c1ccccc1.[Li+].[Na+]. The quantitative estimate of drug-likeness (QED) is 0.262. The van der Waals surface area contributed by atoms with Crippen LogP contribution in [0, 0.1) is 0 Å². The van der Waals surface area contributed by atoms with Gasteiger partial charge in [0.25, 0.3) is 20.0 Å². The fourth-order valence-electron chi connectivity index (χ4n) is 2.05. The fraction of sp³-hybridized carbons (Fsp3) is 0. The number of hydrogen-bond acceptors (Lipinski definition) is 8. The standard InChI is InChI=1S/C12H11NO4S2.C6H7O4P.Li.Na/c14-18(15,11-7-3-1-4-8-11)13-19(16,17)12-9-5-2-6-10-12;7-11(8,9)10-6-4-2-1-3-5-6;;/h1-10,13H;1-5H,(H2,7,8,9);;/q;;2*+1/p-2. The zero-order chi connectivity index (χ0) is 22.3. The molecule has 3 aromatic carbocycles. The number of sulfonamides is 2. The summed E-state index contributed by atoms with van der Waals surface area (Å²) in [6, 6.07) is 22.3. The topological polar surface area (TPSA) is 153 Å². The van der Waals surface area contributed by atoms with Crippen molar-refractivity contribution in [1.29, 1.82) is 0 Å². The van der Waals surface area contributed by atoms with Crippen molar-refractivity contribution < 1.29 is 84.1 Å². The van der Waals surface area contributed by atoms with E-state index in [1.165, 1.54) is 60.7 Å². The Morgan fingerprint density at radius 1 is 0.656 bits per heavy atom. The summed E-state index contributed by atoms with van der Waals surface area (Å²) in [6.45, 7) is 0. The van der Waals surface area contributed by atoms with Gasteiger partial charge in [0.1, 0.15) is 13.6 Å². The van der Waals surface area contributed by atoms with Gasteiger partial charge in [-0.1, -0.05) is 54.6 Å². The third-order valence-electron chi connectivity index (χ3n) is 3.29. The van der Waals surface area contributed by atoms with E-state index in [9.17, 15) is 31.2 Å². The molecule has 0 saturated heterocycles. The van der Waals surface area contributed by atoms with Gasteiger partial charge in [0.05, 0.1) is 9.79 Å². The van der Waals surface area contributed by atoms with Crippen LogP contribution in [0.5, 0.6) is 5.75 Å². The summed E-state index contributed by atoms with van der Waals surface area (Å²) < 4.78 is 63.5. The Morgan fingerprint density at radius 3 is 1.28 bits per heavy atom. The molecule has 0 heterocycles. The molecule has 0 atom stereocenters. The minimum atomic E-state index is -4.89. The van der Waals surface area contributed by atoms with E-state index in [1.807, 2.05) is 0 Å². The molecule has 0 aliphatic heterocycles. The molecule has 1 N–H and O–H groups in total. The number of phosphoric ester groups is 1. The summed E-state index contributed by atoms with van der Waals surface area (Å²) in [5.74, 6) is 0.0424. The fourth-order valence-corrected chi connectivity index (χ4v) is 5.39. The monoisotopic (exact) mass is 499 g/mol. The molecule has 0 fully saturated rings. The molecule has 0 radical (unpaired) electrons. The zero-order valence-electron chi connectivity index (χ0n) is 17.2.